The zero-order valence-corrected chi connectivity index (χ0v) is 10.2. The summed E-state index contributed by atoms with van der Waals surface area (Å²) in [6.07, 6.45) is 1.60. The van der Waals surface area contributed by atoms with E-state index in [0.717, 1.165) is 16.6 Å². The zero-order chi connectivity index (χ0) is 13.4. The van der Waals surface area contributed by atoms with Crippen LogP contribution in [0.15, 0.2) is 35.4 Å². The highest BCUT2D eigenvalue weighted by Gasteiger charge is 2.13. The topological polar surface area (TPSA) is 85.3 Å². The van der Waals surface area contributed by atoms with Crippen LogP contribution in [0, 0.1) is 18.3 Å². The number of aromatic nitrogens is 3. The number of nitrogens with zero attached hydrogens (tertiary/aromatic N) is 2. The lowest BCUT2D eigenvalue weighted by molar-refractivity contribution is 1.13. The van der Waals surface area contributed by atoms with Gasteiger partial charge in [-0.05, 0) is 19.1 Å². The van der Waals surface area contributed by atoms with Crippen molar-refractivity contribution in [3.8, 4) is 17.2 Å². The second-order valence-electron chi connectivity index (χ2n) is 4.29. The van der Waals surface area contributed by atoms with E-state index < -0.39 is 0 Å². The Kier molecular flexibility index (Phi) is 2.43. The van der Waals surface area contributed by atoms with E-state index in [9.17, 15) is 10.1 Å². The number of imidazole rings is 1. The minimum atomic E-state index is -0.370. The number of rotatable bonds is 1. The smallest absolute Gasteiger partial charge is 0.266 e. The SMILES string of the molecule is Cc1cc(-c2cccc3[nH]cnc23)c(C#N)c(=O)[nH]1. The van der Waals surface area contributed by atoms with Crippen molar-refractivity contribution in [3.63, 3.8) is 0 Å². The van der Waals surface area contributed by atoms with E-state index in [0.29, 0.717) is 11.3 Å². The second-order valence-corrected chi connectivity index (χ2v) is 4.29. The third-order valence-corrected chi connectivity index (χ3v) is 3.02. The number of fused-ring (bicyclic) bond motifs is 1. The summed E-state index contributed by atoms with van der Waals surface area (Å²) in [4.78, 5) is 21.7. The highest BCUT2D eigenvalue weighted by atomic mass is 16.1. The highest BCUT2D eigenvalue weighted by molar-refractivity contribution is 5.93. The lowest BCUT2D eigenvalue weighted by Gasteiger charge is -2.06. The van der Waals surface area contributed by atoms with E-state index in [1.165, 1.54) is 0 Å². The van der Waals surface area contributed by atoms with E-state index in [1.54, 1.807) is 19.3 Å². The Morgan fingerprint density at radius 2 is 2.16 bits per heavy atom. The van der Waals surface area contributed by atoms with E-state index in [4.69, 9.17) is 0 Å². The van der Waals surface area contributed by atoms with Crippen LogP contribution < -0.4 is 5.56 Å². The Bertz CT molecular complexity index is 867. The molecule has 19 heavy (non-hydrogen) atoms. The first-order valence-electron chi connectivity index (χ1n) is 5.77. The number of para-hydroxylation sites is 1. The van der Waals surface area contributed by atoms with Crippen molar-refractivity contribution in [2.75, 3.05) is 0 Å². The molecule has 0 aliphatic heterocycles. The third kappa shape index (κ3) is 1.70. The molecule has 92 valence electrons. The average Bonchev–Trinajstić information content (AvgIpc) is 2.85. The fourth-order valence-electron chi connectivity index (χ4n) is 2.19. The van der Waals surface area contributed by atoms with E-state index in [-0.39, 0.29) is 11.1 Å². The molecule has 5 nitrogen and oxygen atoms in total. The van der Waals surface area contributed by atoms with Gasteiger partial charge in [0.15, 0.2) is 0 Å². The Hall–Kier alpha value is -2.87. The van der Waals surface area contributed by atoms with Crippen molar-refractivity contribution >= 4 is 11.0 Å². The number of nitriles is 1. The van der Waals surface area contributed by atoms with Gasteiger partial charge in [0, 0.05) is 16.8 Å². The first kappa shape index (κ1) is 11.2. The quantitative estimate of drug-likeness (QED) is 0.693. The van der Waals surface area contributed by atoms with Gasteiger partial charge in [-0.15, -0.1) is 0 Å². The summed E-state index contributed by atoms with van der Waals surface area (Å²) in [5, 5.41) is 9.18. The van der Waals surface area contributed by atoms with Crippen LogP contribution in [-0.2, 0) is 0 Å². The molecule has 2 aromatic heterocycles. The van der Waals surface area contributed by atoms with Gasteiger partial charge in [0.1, 0.15) is 11.6 Å². The predicted molar refractivity (Wildman–Crippen MR) is 71.6 cm³/mol. The molecule has 0 spiro atoms. The fraction of sp³-hybridized carbons (Fsp3) is 0.0714. The Morgan fingerprint density at radius 3 is 2.95 bits per heavy atom. The molecule has 0 amide bonds. The summed E-state index contributed by atoms with van der Waals surface area (Å²) < 4.78 is 0. The number of hydrogen-bond donors (Lipinski definition) is 2. The Balaban J connectivity index is 2.43. The largest absolute Gasteiger partial charge is 0.345 e. The Morgan fingerprint density at radius 1 is 1.32 bits per heavy atom. The maximum atomic E-state index is 11.8. The first-order chi connectivity index (χ1) is 9.20. The summed E-state index contributed by atoms with van der Waals surface area (Å²) in [7, 11) is 0. The Labute approximate surface area is 108 Å². The molecule has 3 rings (SSSR count). The molecule has 0 fully saturated rings. The molecule has 0 saturated carbocycles. The number of aromatic amines is 2. The number of nitrogens with one attached hydrogen (secondary N) is 2. The number of aryl methyl sites for hydroxylation is 1. The maximum Gasteiger partial charge on any atom is 0.266 e. The van der Waals surface area contributed by atoms with Gasteiger partial charge in [-0.2, -0.15) is 5.26 Å². The second kappa shape index (κ2) is 4.10. The van der Waals surface area contributed by atoms with E-state index in [1.807, 2.05) is 24.3 Å². The van der Waals surface area contributed by atoms with Crippen LogP contribution in [0.5, 0.6) is 0 Å². The highest BCUT2D eigenvalue weighted by Crippen LogP contribution is 2.27. The van der Waals surface area contributed by atoms with E-state index in [2.05, 4.69) is 15.0 Å². The number of benzene rings is 1. The number of hydrogen-bond acceptors (Lipinski definition) is 3. The minimum Gasteiger partial charge on any atom is -0.345 e. The van der Waals surface area contributed by atoms with Gasteiger partial charge in [-0.3, -0.25) is 4.79 Å². The van der Waals surface area contributed by atoms with Crippen LogP contribution >= 0.6 is 0 Å². The van der Waals surface area contributed by atoms with Crippen molar-refractivity contribution in [1.82, 2.24) is 15.0 Å². The monoisotopic (exact) mass is 250 g/mol. The molecule has 0 aliphatic rings. The van der Waals surface area contributed by atoms with Gasteiger partial charge in [0.05, 0.1) is 17.4 Å². The molecule has 3 aromatic rings. The van der Waals surface area contributed by atoms with Crippen LogP contribution in [0.1, 0.15) is 11.3 Å². The van der Waals surface area contributed by atoms with Gasteiger partial charge in [0.25, 0.3) is 5.56 Å². The molecule has 0 aliphatic carbocycles. The van der Waals surface area contributed by atoms with Crippen LogP contribution in [0.3, 0.4) is 0 Å². The molecule has 5 heteroatoms. The minimum absolute atomic E-state index is 0.112. The van der Waals surface area contributed by atoms with Crippen LogP contribution in [-0.4, -0.2) is 15.0 Å². The molecule has 0 saturated heterocycles. The standard InChI is InChI=1S/C14H10N4O/c1-8-5-10(11(6-15)14(19)18-8)9-3-2-4-12-13(9)17-7-16-12/h2-5,7H,1H3,(H,16,17)(H,18,19). The molecule has 0 atom stereocenters. The number of H-pyrrole nitrogens is 2. The summed E-state index contributed by atoms with van der Waals surface area (Å²) >= 11 is 0. The van der Waals surface area contributed by atoms with Gasteiger partial charge in [-0.25, -0.2) is 4.98 Å². The molecule has 0 unspecified atom stereocenters. The van der Waals surface area contributed by atoms with E-state index >= 15 is 0 Å². The van der Waals surface area contributed by atoms with Crippen molar-refractivity contribution < 1.29 is 0 Å². The van der Waals surface area contributed by atoms with Crippen LogP contribution in [0.4, 0.5) is 0 Å². The fourth-order valence-corrected chi connectivity index (χ4v) is 2.19. The normalized spacial score (nSPS) is 10.5. The third-order valence-electron chi connectivity index (χ3n) is 3.02. The predicted octanol–water partition coefficient (Wildman–Crippen LogP) is 2.10. The lowest BCUT2D eigenvalue weighted by Crippen LogP contribution is -2.12. The summed E-state index contributed by atoms with van der Waals surface area (Å²) in [5.41, 5.74) is 3.48. The lowest BCUT2D eigenvalue weighted by atomic mass is 10.00. The van der Waals surface area contributed by atoms with Crippen molar-refractivity contribution in [2.24, 2.45) is 0 Å². The number of pyridine rings is 1. The van der Waals surface area contributed by atoms with Crippen molar-refractivity contribution in [2.45, 2.75) is 6.92 Å². The van der Waals surface area contributed by atoms with Crippen LogP contribution in [0.25, 0.3) is 22.2 Å². The summed E-state index contributed by atoms with van der Waals surface area (Å²) in [6, 6.07) is 9.39. The molecular weight excluding hydrogens is 240 g/mol. The summed E-state index contributed by atoms with van der Waals surface area (Å²) in [6.45, 7) is 1.79. The first-order valence-corrected chi connectivity index (χ1v) is 5.77. The molecule has 2 N–H and O–H groups in total. The van der Waals surface area contributed by atoms with Gasteiger partial charge in [0.2, 0.25) is 0 Å². The average molecular weight is 250 g/mol. The summed E-state index contributed by atoms with van der Waals surface area (Å²) in [5.74, 6) is 0. The molecule has 2 heterocycles. The van der Waals surface area contributed by atoms with Gasteiger partial charge in [-0.1, -0.05) is 12.1 Å². The van der Waals surface area contributed by atoms with Gasteiger partial charge < -0.3 is 9.97 Å². The molecule has 0 bridgehead atoms. The molecular formula is C14H10N4O. The molecule has 0 radical (unpaired) electrons. The zero-order valence-electron chi connectivity index (χ0n) is 10.2. The van der Waals surface area contributed by atoms with Crippen molar-refractivity contribution in [1.29, 1.82) is 5.26 Å². The van der Waals surface area contributed by atoms with Gasteiger partial charge >= 0.3 is 0 Å². The maximum absolute atomic E-state index is 11.8. The molecule has 1 aromatic carbocycles. The van der Waals surface area contributed by atoms with Crippen LogP contribution in [0.2, 0.25) is 0 Å². The van der Waals surface area contributed by atoms with Crippen molar-refractivity contribution in [3.05, 3.63) is 52.2 Å².